The van der Waals surface area contributed by atoms with Crippen molar-refractivity contribution in [1.29, 1.82) is 0 Å². The van der Waals surface area contributed by atoms with Crippen molar-refractivity contribution in [2.24, 2.45) is 0 Å². The van der Waals surface area contributed by atoms with Gasteiger partial charge in [0.1, 0.15) is 5.75 Å². The summed E-state index contributed by atoms with van der Waals surface area (Å²) in [6, 6.07) is 4.68. The third-order valence-corrected chi connectivity index (χ3v) is 4.73. The highest BCUT2D eigenvalue weighted by atomic mass is 32.2. The van der Waals surface area contributed by atoms with Gasteiger partial charge in [-0.2, -0.15) is 0 Å². The van der Waals surface area contributed by atoms with E-state index in [0.29, 0.717) is 24.5 Å². The lowest BCUT2D eigenvalue weighted by molar-refractivity contribution is 0.0697. The van der Waals surface area contributed by atoms with Crippen molar-refractivity contribution < 1.29 is 23.1 Å². The lowest BCUT2D eigenvalue weighted by Crippen LogP contribution is -2.40. The monoisotopic (exact) mass is 285 g/mol. The standard InChI is InChI=1S/C12H15NO5S/c1-18-9-2-3-10(12(14)15)11(8-9)13-4-6-19(16,17)7-5-13/h2-3,8H,4-7H2,1H3,(H,14,15). The lowest BCUT2D eigenvalue weighted by Gasteiger charge is -2.30. The number of hydrogen-bond donors (Lipinski definition) is 1. The Balaban J connectivity index is 2.35. The number of aromatic carboxylic acids is 1. The number of sulfone groups is 1. The Morgan fingerprint density at radius 1 is 1.32 bits per heavy atom. The Morgan fingerprint density at radius 3 is 2.47 bits per heavy atom. The maximum atomic E-state index is 11.4. The number of rotatable bonds is 3. The normalized spacial score (nSPS) is 18.1. The van der Waals surface area contributed by atoms with Gasteiger partial charge in [0, 0.05) is 19.2 Å². The number of benzene rings is 1. The van der Waals surface area contributed by atoms with E-state index in [1.54, 1.807) is 17.0 Å². The zero-order chi connectivity index (χ0) is 14.0. The molecule has 0 aliphatic carbocycles. The number of nitrogens with zero attached hydrogens (tertiary/aromatic N) is 1. The minimum atomic E-state index is -2.99. The van der Waals surface area contributed by atoms with Gasteiger partial charge in [-0.15, -0.1) is 0 Å². The molecule has 1 aliphatic heterocycles. The molecule has 1 heterocycles. The van der Waals surface area contributed by atoms with Crippen LogP contribution in [0.2, 0.25) is 0 Å². The van der Waals surface area contributed by atoms with Gasteiger partial charge in [0.15, 0.2) is 9.84 Å². The quantitative estimate of drug-likeness (QED) is 0.877. The molecule has 0 aromatic heterocycles. The van der Waals surface area contributed by atoms with Gasteiger partial charge in [-0.3, -0.25) is 0 Å². The van der Waals surface area contributed by atoms with Crippen LogP contribution in [0.15, 0.2) is 18.2 Å². The number of anilines is 1. The zero-order valence-electron chi connectivity index (χ0n) is 10.5. The maximum absolute atomic E-state index is 11.4. The summed E-state index contributed by atoms with van der Waals surface area (Å²) in [7, 11) is -1.49. The summed E-state index contributed by atoms with van der Waals surface area (Å²) in [5, 5.41) is 9.18. The number of methoxy groups -OCH3 is 1. The summed E-state index contributed by atoms with van der Waals surface area (Å²) < 4.78 is 27.9. The molecule has 1 N–H and O–H groups in total. The van der Waals surface area contributed by atoms with E-state index in [0.717, 1.165) is 0 Å². The molecule has 1 fully saturated rings. The number of carboxylic acid groups (broad SMARTS) is 1. The summed E-state index contributed by atoms with van der Waals surface area (Å²) in [6.45, 7) is 0.603. The minimum absolute atomic E-state index is 0.0449. The Labute approximate surface area is 111 Å². The molecule has 0 amide bonds. The second-order valence-electron chi connectivity index (χ2n) is 4.33. The number of carbonyl (C=O) groups is 1. The third kappa shape index (κ3) is 2.98. The van der Waals surface area contributed by atoms with Crippen LogP contribution in [0.4, 0.5) is 5.69 Å². The second kappa shape index (κ2) is 5.08. The number of carboxylic acids is 1. The Kier molecular flexibility index (Phi) is 3.66. The van der Waals surface area contributed by atoms with E-state index in [9.17, 15) is 18.3 Å². The van der Waals surface area contributed by atoms with Gasteiger partial charge in [-0.1, -0.05) is 0 Å². The Morgan fingerprint density at radius 2 is 1.95 bits per heavy atom. The van der Waals surface area contributed by atoms with Gasteiger partial charge in [-0.25, -0.2) is 13.2 Å². The molecule has 1 aromatic rings. The van der Waals surface area contributed by atoms with Crippen LogP contribution in [0, 0.1) is 0 Å². The van der Waals surface area contributed by atoms with Gasteiger partial charge >= 0.3 is 5.97 Å². The highest BCUT2D eigenvalue weighted by Gasteiger charge is 2.25. The summed E-state index contributed by atoms with van der Waals surface area (Å²) >= 11 is 0. The van der Waals surface area contributed by atoms with E-state index in [1.165, 1.54) is 13.2 Å². The van der Waals surface area contributed by atoms with Crippen LogP contribution in [0.5, 0.6) is 5.75 Å². The van der Waals surface area contributed by atoms with Crippen LogP contribution in [0.3, 0.4) is 0 Å². The maximum Gasteiger partial charge on any atom is 0.337 e. The van der Waals surface area contributed by atoms with Crippen molar-refractivity contribution in [2.45, 2.75) is 0 Å². The highest BCUT2D eigenvalue weighted by molar-refractivity contribution is 7.91. The minimum Gasteiger partial charge on any atom is -0.497 e. The number of hydrogen-bond acceptors (Lipinski definition) is 5. The first-order valence-corrected chi connectivity index (χ1v) is 7.62. The molecule has 0 atom stereocenters. The third-order valence-electron chi connectivity index (χ3n) is 3.12. The molecule has 0 radical (unpaired) electrons. The molecule has 0 bridgehead atoms. The fraction of sp³-hybridized carbons (Fsp3) is 0.417. The van der Waals surface area contributed by atoms with Gasteiger partial charge in [0.2, 0.25) is 0 Å². The first kappa shape index (κ1) is 13.7. The lowest BCUT2D eigenvalue weighted by atomic mass is 10.1. The fourth-order valence-electron chi connectivity index (χ4n) is 2.03. The van der Waals surface area contributed by atoms with Crippen molar-refractivity contribution in [1.82, 2.24) is 0 Å². The van der Waals surface area contributed by atoms with Gasteiger partial charge in [0.25, 0.3) is 0 Å². The van der Waals surface area contributed by atoms with Crippen molar-refractivity contribution in [3.8, 4) is 5.75 Å². The molecule has 1 aromatic carbocycles. The second-order valence-corrected chi connectivity index (χ2v) is 6.63. The van der Waals surface area contributed by atoms with Crippen LogP contribution in [0.25, 0.3) is 0 Å². The average molecular weight is 285 g/mol. The first-order chi connectivity index (χ1) is 8.93. The first-order valence-electron chi connectivity index (χ1n) is 5.79. The Hall–Kier alpha value is -1.76. The van der Waals surface area contributed by atoms with Gasteiger partial charge < -0.3 is 14.7 Å². The predicted molar refractivity (Wildman–Crippen MR) is 70.8 cm³/mol. The number of ether oxygens (including phenoxy) is 1. The van der Waals surface area contributed by atoms with Crippen LogP contribution in [-0.4, -0.2) is 51.2 Å². The predicted octanol–water partition coefficient (Wildman–Crippen LogP) is 0.628. The van der Waals surface area contributed by atoms with Gasteiger partial charge in [-0.05, 0) is 12.1 Å². The van der Waals surface area contributed by atoms with E-state index in [1.807, 2.05) is 0 Å². The molecule has 7 heteroatoms. The molecule has 0 unspecified atom stereocenters. The SMILES string of the molecule is COc1ccc(C(=O)O)c(N2CCS(=O)(=O)CC2)c1. The highest BCUT2D eigenvalue weighted by Crippen LogP contribution is 2.27. The van der Waals surface area contributed by atoms with E-state index in [2.05, 4.69) is 0 Å². The van der Waals surface area contributed by atoms with E-state index in [4.69, 9.17) is 4.74 Å². The van der Waals surface area contributed by atoms with Crippen LogP contribution in [-0.2, 0) is 9.84 Å². The van der Waals surface area contributed by atoms with Gasteiger partial charge in [0.05, 0.1) is 29.9 Å². The molecule has 0 spiro atoms. The summed E-state index contributed by atoms with van der Waals surface area (Å²) in [5.41, 5.74) is 0.654. The molecule has 0 saturated carbocycles. The van der Waals surface area contributed by atoms with E-state index in [-0.39, 0.29) is 17.1 Å². The Bertz CT molecular complexity index is 582. The largest absolute Gasteiger partial charge is 0.497 e. The molecule has 1 aliphatic rings. The van der Waals surface area contributed by atoms with Crippen LogP contribution in [0.1, 0.15) is 10.4 Å². The molecule has 1 saturated heterocycles. The van der Waals surface area contributed by atoms with E-state index < -0.39 is 15.8 Å². The molecule has 104 valence electrons. The summed E-state index contributed by atoms with van der Waals surface area (Å²) in [4.78, 5) is 13.0. The van der Waals surface area contributed by atoms with Crippen molar-refractivity contribution in [2.75, 3.05) is 36.6 Å². The molecule has 6 nitrogen and oxygen atoms in total. The van der Waals surface area contributed by atoms with Crippen molar-refractivity contribution >= 4 is 21.5 Å². The fourth-order valence-corrected chi connectivity index (χ4v) is 3.24. The van der Waals surface area contributed by atoms with Crippen LogP contribution < -0.4 is 9.64 Å². The molecular formula is C12H15NO5S. The smallest absolute Gasteiger partial charge is 0.337 e. The summed E-state index contributed by atoms with van der Waals surface area (Å²) in [5.74, 6) is -0.397. The van der Waals surface area contributed by atoms with E-state index >= 15 is 0 Å². The molecule has 19 heavy (non-hydrogen) atoms. The van der Waals surface area contributed by atoms with Crippen molar-refractivity contribution in [3.63, 3.8) is 0 Å². The van der Waals surface area contributed by atoms with Crippen LogP contribution >= 0.6 is 0 Å². The molecule has 2 rings (SSSR count). The molecular weight excluding hydrogens is 270 g/mol. The zero-order valence-corrected chi connectivity index (χ0v) is 11.3. The van der Waals surface area contributed by atoms with Crippen molar-refractivity contribution in [3.05, 3.63) is 23.8 Å². The average Bonchev–Trinajstić information content (AvgIpc) is 2.38. The topological polar surface area (TPSA) is 83.9 Å². The summed E-state index contributed by atoms with van der Waals surface area (Å²) in [6.07, 6.45) is 0.